The Bertz CT molecular complexity index is 458. The number of hydrogen-bond donors (Lipinski definition) is 2. The van der Waals surface area contributed by atoms with Gasteiger partial charge >= 0.3 is 0 Å². The van der Waals surface area contributed by atoms with E-state index in [0.29, 0.717) is 17.9 Å². The van der Waals surface area contributed by atoms with Crippen molar-refractivity contribution in [1.29, 1.82) is 5.26 Å². The van der Waals surface area contributed by atoms with Gasteiger partial charge in [-0.05, 0) is 45.4 Å². The molecule has 0 radical (unpaired) electrons. The van der Waals surface area contributed by atoms with E-state index < -0.39 is 6.10 Å². The Labute approximate surface area is 115 Å². The van der Waals surface area contributed by atoms with Crippen LogP contribution in [0.3, 0.4) is 0 Å². The van der Waals surface area contributed by atoms with E-state index in [4.69, 9.17) is 10.00 Å². The van der Waals surface area contributed by atoms with E-state index in [9.17, 15) is 5.11 Å². The number of aryl methyl sites for hydroxylation is 1. The highest BCUT2D eigenvalue weighted by Crippen LogP contribution is 2.19. The fourth-order valence-electron chi connectivity index (χ4n) is 1.49. The third-order valence-electron chi connectivity index (χ3n) is 2.62. The summed E-state index contributed by atoms with van der Waals surface area (Å²) in [6.45, 7) is 8.72. The lowest BCUT2D eigenvalue weighted by atomic mass is 10.1. The lowest BCUT2D eigenvalue weighted by Crippen LogP contribution is -2.42. The summed E-state index contributed by atoms with van der Waals surface area (Å²) in [5.41, 5.74) is 1.48. The predicted molar refractivity (Wildman–Crippen MR) is 75.2 cm³/mol. The summed E-state index contributed by atoms with van der Waals surface area (Å²) in [6.07, 6.45) is -0.579. The molecule has 0 fully saturated rings. The first-order valence-electron chi connectivity index (χ1n) is 6.38. The molecular weight excluding hydrogens is 240 g/mol. The third kappa shape index (κ3) is 5.73. The number of hydrogen-bond acceptors (Lipinski definition) is 4. The number of nitrogens with one attached hydrogen (secondary N) is 1. The molecule has 0 heterocycles. The summed E-state index contributed by atoms with van der Waals surface area (Å²) in [5.74, 6) is 0.647. The van der Waals surface area contributed by atoms with E-state index in [2.05, 4.69) is 11.4 Å². The van der Waals surface area contributed by atoms with Gasteiger partial charge in [-0.1, -0.05) is 6.07 Å². The van der Waals surface area contributed by atoms with Gasteiger partial charge in [0.15, 0.2) is 0 Å². The van der Waals surface area contributed by atoms with Crippen molar-refractivity contribution >= 4 is 0 Å². The number of rotatable bonds is 5. The third-order valence-corrected chi connectivity index (χ3v) is 2.62. The topological polar surface area (TPSA) is 65.3 Å². The maximum absolute atomic E-state index is 9.84. The summed E-state index contributed by atoms with van der Waals surface area (Å²) >= 11 is 0. The molecule has 0 aliphatic rings. The first-order valence-corrected chi connectivity index (χ1v) is 6.38. The Balaban J connectivity index is 2.50. The minimum atomic E-state index is -0.579. The molecule has 0 saturated heterocycles. The smallest absolute Gasteiger partial charge is 0.123 e. The number of ether oxygens (including phenoxy) is 1. The summed E-state index contributed by atoms with van der Waals surface area (Å²) in [6, 6.07) is 7.36. The minimum Gasteiger partial charge on any atom is -0.491 e. The molecule has 1 rings (SSSR count). The zero-order chi connectivity index (χ0) is 14.5. The zero-order valence-electron chi connectivity index (χ0n) is 12.0. The average molecular weight is 262 g/mol. The maximum atomic E-state index is 9.84. The Hall–Kier alpha value is -1.57. The summed E-state index contributed by atoms with van der Waals surface area (Å²) in [5, 5.41) is 21.9. The van der Waals surface area contributed by atoms with E-state index in [0.717, 1.165) is 5.56 Å². The van der Waals surface area contributed by atoms with E-state index >= 15 is 0 Å². The van der Waals surface area contributed by atoms with Gasteiger partial charge in [0.25, 0.3) is 0 Å². The molecule has 4 nitrogen and oxygen atoms in total. The Morgan fingerprint density at radius 2 is 2.11 bits per heavy atom. The molecule has 1 aromatic carbocycles. The molecule has 19 heavy (non-hydrogen) atoms. The van der Waals surface area contributed by atoms with Crippen molar-refractivity contribution < 1.29 is 9.84 Å². The van der Waals surface area contributed by atoms with Crippen LogP contribution < -0.4 is 10.1 Å². The van der Waals surface area contributed by atoms with Crippen LogP contribution in [0.25, 0.3) is 0 Å². The lowest BCUT2D eigenvalue weighted by molar-refractivity contribution is 0.0997. The van der Waals surface area contributed by atoms with Crippen molar-refractivity contribution in [2.75, 3.05) is 13.2 Å². The number of aliphatic hydroxyl groups excluding tert-OH is 1. The van der Waals surface area contributed by atoms with Crippen LogP contribution in [0, 0.1) is 18.3 Å². The molecule has 0 bridgehead atoms. The van der Waals surface area contributed by atoms with Crippen molar-refractivity contribution in [3.05, 3.63) is 29.3 Å². The molecule has 0 aliphatic carbocycles. The van der Waals surface area contributed by atoms with Crippen LogP contribution in [0.4, 0.5) is 0 Å². The van der Waals surface area contributed by atoms with Crippen LogP contribution in [0.1, 0.15) is 31.9 Å². The molecule has 0 amide bonds. The van der Waals surface area contributed by atoms with Gasteiger partial charge in [-0.2, -0.15) is 5.26 Å². The first-order chi connectivity index (χ1) is 8.81. The predicted octanol–water partition coefficient (Wildman–Crippen LogP) is 1.99. The van der Waals surface area contributed by atoms with E-state index in [1.54, 1.807) is 12.1 Å². The van der Waals surface area contributed by atoms with Gasteiger partial charge in [-0.3, -0.25) is 0 Å². The molecule has 0 aromatic heterocycles. The van der Waals surface area contributed by atoms with Gasteiger partial charge in [-0.25, -0.2) is 0 Å². The molecule has 4 heteroatoms. The number of benzene rings is 1. The normalized spacial score (nSPS) is 12.8. The number of aliphatic hydroxyl groups is 1. The van der Waals surface area contributed by atoms with Crippen LogP contribution in [0.2, 0.25) is 0 Å². The van der Waals surface area contributed by atoms with E-state index in [1.807, 2.05) is 33.8 Å². The molecule has 0 saturated carbocycles. The molecule has 104 valence electrons. The van der Waals surface area contributed by atoms with E-state index in [-0.39, 0.29) is 12.1 Å². The van der Waals surface area contributed by atoms with Gasteiger partial charge < -0.3 is 15.2 Å². The number of nitriles is 1. The number of nitrogens with zero attached hydrogens (tertiary/aromatic N) is 1. The quantitative estimate of drug-likeness (QED) is 0.851. The Kier molecular flexibility index (Phi) is 5.34. The van der Waals surface area contributed by atoms with Crippen LogP contribution in [0.5, 0.6) is 5.75 Å². The van der Waals surface area contributed by atoms with Crippen molar-refractivity contribution in [2.24, 2.45) is 0 Å². The van der Waals surface area contributed by atoms with Crippen LogP contribution >= 0.6 is 0 Å². The van der Waals surface area contributed by atoms with Crippen molar-refractivity contribution in [1.82, 2.24) is 5.32 Å². The largest absolute Gasteiger partial charge is 0.491 e. The van der Waals surface area contributed by atoms with Gasteiger partial charge in [0, 0.05) is 12.1 Å². The summed E-state index contributed by atoms with van der Waals surface area (Å²) < 4.78 is 5.57. The van der Waals surface area contributed by atoms with Crippen LogP contribution in [-0.2, 0) is 0 Å². The molecule has 2 N–H and O–H groups in total. The average Bonchev–Trinajstić information content (AvgIpc) is 2.34. The fraction of sp³-hybridized carbons (Fsp3) is 0.533. The Morgan fingerprint density at radius 1 is 1.42 bits per heavy atom. The maximum Gasteiger partial charge on any atom is 0.123 e. The van der Waals surface area contributed by atoms with E-state index in [1.165, 1.54) is 0 Å². The second-order valence-corrected chi connectivity index (χ2v) is 5.69. The van der Waals surface area contributed by atoms with Crippen molar-refractivity contribution in [3.63, 3.8) is 0 Å². The molecule has 0 aliphatic heterocycles. The highest BCUT2D eigenvalue weighted by Gasteiger charge is 2.13. The first kappa shape index (κ1) is 15.5. The minimum absolute atomic E-state index is 0.0301. The van der Waals surface area contributed by atoms with Crippen molar-refractivity contribution in [2.45, 2.75) is 39.3 Å². The highest BCUT2D eigenvalue weighted by molar-refractivity contribution is 5.41. The SMILES string of the molecule is Cc1ccc(C#N)cc1OCC(O)CNC(C)(C)C. The second kappa shape index (κ2) is 6.55. The lowest BCUT2D eigenvalue weighted by Gasteiger charge is -2.23. The molecule has 1 aromatic rings. The molecule has 0 spiro atoms. The second-order valence-electron chi connectivity index (χ2n) is 5.69. The Morgan fingerprint density at radius 3 is 2.68 bits per heavy atom. The molecule has 1 atom stereocenters. The van der Waals surface area contributed by atoms with Crippen molar-refractivity contribution in [3.8, 4) is 11.8 Å². The molecular formula is C15H22N2O2. The standard InChI is InChI=1S/C15H22N2O2/c1-11-5-6-12(8-16)7-14(11)19-10-13(18)9-17-15(2,3)4/h5-7,13,17-18H,9-10H2,1-4H3. The number of β-amino-alcohol motifs (C(OH)–C–C–N with tert-alkyl or cyclic N) is 1. The van der Waals surface area contributed by atoms with Crippen LogP contribution in [0.15, 0.2) is 18.2 Å². The highest BCUT2D eigenvalue weighted by atomic mass is 16.5. The summed E-state index contributed by atoms with van der Waals surface area (Å²) in [4.78, 5) is 0. The fourth-order valence-corrected chi connectivity index (χ4v) is 1.49. The monoisotopic (exact) mass is 262 g/mol. The van der Waals surface area contributed by atoms with Gasteiger partial charge in [0.1, 0.15) is 18.5 Å². The summed E-state index contributed by atoms with van der Waals surface area (Å²) in [7, 11) is 0. The van der Waals surface area contributed by atoms with Gasteiger partial charge in [0.2, 0.25) is 0 Å². The van der Waals surface area contributed by atoms with Gasteiger partial charge in [-0.15, -0.1) is 0 Å². The van der Waals surface area contributed by atoms with Gasteiger partial charge in [0.05, 0.1) is 11.6 Å². The zero-order valence-corrected chi connectivity index (χ0v) is 12.0. The molecule has 1 unspecified atom stereocenters. The van der Waals surface area contributed by atoms with Crippen LogP contribution in [-0.4, -0.2) is 29.9 Å².